The van der Waals surface area contributed by atoms with E-state index in [1.54, 1.807) is 0 Å². The maximum Gasteiger partial charge on any atom is 1.00 e. The molecule has 4 nitrogen and oxygen atoms in total. The van der Waals surface area contributed by atoms with Gasteiger partial charge in [-0.25, -0.2) is 8.42 Å². The van der Waals surface area contributed by atoms with Crippen LogP contribution in [0.25, 0.3) is 0 Å². The number of rotatable bonds is 20. The van der Waals surface area contributed by atoms with Crippen molar-refractivity contribution in [2.45, 2.75) is 141 Å². The van der Waals surface area contributed by atoms with Crippen LogP contribution in [0, 0.1) is 0 Å². The van der Waals surface area contributed by atoms with Gasteiger partial charge in [0.1, 0.15) is 0 Å². The molecule has 0 saturated carbocycles. The Balaban J connectivity index is 0. The minimum atomic E-state index is -4.17. The Morgan fingerprint density at radius 2 is 0.964 bits per heavy atom. The number of hydrogen-bond acceptors (Lipinski definition) is 4. The standard InChI is InChI=1S/C22H46O4S.Na/c1-3-5-7-9-10-15-19-22(27(24,25)26)20-16-12-11-14-18-21(23)17-13-8-6-4-2;/h21-23H,3-20H2,1-2H3,(H,24,25,26);/q;+1/p-1. The quantitative estimate of drug-likeness (QED) is 0.183. The van der Waals surface area contributed by atoms with E-state index in [0.717, 1.165) is 64.2 Å². The first-order chi connectivity index (χ1) is 12.9. The summed E-state index contributed by atoms with van der Waals surface area (Å²) in [5.41, 5.74) is 0. The summed E-state index contributed by atoms with van der Waals surface area (Å²) in [5, 5.41) is 9.25. The zero-order chi connectivity index (χ0) is 20.4. The van der Waals surface area contributed by atoms with Crippen LogP contribution in [0.2, 0.25) is 0 Å². The molecule has 0 heterocycles. The fourth-order valence-electron chi connectivity index (χ4n) is 3.64. The van der Waals surface area contributed by atoms with E-state index < -0.39 is 15.4 Å². The van der Waals surface area contributed by atoms with Crippen molar-refractivity contribution >= 4 is 10.1 Å². The number of unbranched alkanes of at least 4 members (excludes halogenated alkanes) is 11. The molecule has 0 aliphatic rings. The van der Waals surface area contributed by atoms with Gasteiger partial charge in [0.15, 0.2) is 0 Å². The first-order valence-corrected chi connectivity index (χ1v) is 13.0. The van der Waals surface area contributed by atoms with Gasteiger partial charge in [-0.2, -0.15) is 0 Å². The molecule has 0 aromatic rings. The van der Waals surface area contributed by atoms with Crippen molar-refractivity contribution in [3.05, 3.63) is 0 Å². The Hall–Kier alpha value is 0.870. The van der Waals surface area contributed by atoms with E-state index in [9.17, 15) is 18.1 Å². The maximum absolute atomic E-state index is 11.5. The molecule has 0 aliphatic heterocycles. The van der Waals surface area contributed by atoms with Crippen LogP contribution in [0.3, 0.4) is 0 Å². The molecule has 0 bridgehead atoms. The molecule has 0 rings (SSSR count). The fraction of sp³-hybridized carbons (Fsp3) is 1.00. The molecular formula is C22H45NaO4S. The zero-order valence-electron chi connectivity index (χ0n) is 19.0. The normalized spacial score (nSPS) is 13.9. The van der Waals surface area contributed by atoms with Crippen molar-refractivity contribution in [2.24, 2.45) is 0 Å². The van der Waals surface area contributed by atoms with Crippen molar-refractivity contribution in [1.29, 1.82) is 0 Å². The van der Waals surface area contributed by atoms with Crippen LogP contribution in [0.4, 0.5) is 0 Å². The Kier molecular flexibility index (Phi) is 23.4. The molecule has 0 saturated heterocycles. The molecule has 0 fully saturated rings. The van der Waals surface area contributed by atoms with Crippen LogP contribution in [-0.4, -0.2) is 29.4 Å². The predicted molar refractivity (Wildman–Crippen MR) is 114 cm³/mol. The molecule has 0 aromatic heterocycles. The summed E-state index contributed by atoms with van der Waals surface area (Å²) >= 11 is 0. The summed E-state index contributed by atoms with van der Waals surface area (Å²) in [7, 11) is -4.17. The molecule has 28 heavy (non-hydrogen) atoms. The molecule has 2 atom stereocenters. The van der Waals surface area contributed by atoms with E-state index in [1.807, 2.05) is 0 Å². The summed E-state index contributed by atoms with van der Waals surface area (Å²) in [6.45, 7) is 4.36. The molecule has 2 unspecified atom stereocenters. The zero-order valence-corrected chi connectivity index (χ0v) is 21.8. The molecule has 1 N–H and O–H groups in total. The van der Waals surface area contributed by atoms with E-state index in [4.69, 9.17) is 0 Å². The van der Waals surface area contributed by atoms with Crippen LogP contribution in [0.5, 0.6) is 0 Å². The Morgan fingerprint density at radius 1 is 0.643 bits per heavy atom. The van der Waals surface area contributed by atoms with Crippen LogP contribution in [0.15, 0.2) is 0 Å². The van der Waals surface area contributed by atoms with Gasteiger partial charge >= 0.3 is 29.6 Å². The van der Waals surface area contributed by atoms with Gasteiger partial charge in [0, 0.05) is 5.25 Å². The van der Waals surface area contributed by atoms with Crippen molar-refractivity contribution < 1.29 is 47.6 Å². The van der Waals surface area contributed by atoms with Gasteiger partial charge in [0.25, 0.3) is 0 Å². The van der Waals surface area contributed by atoms with Gasteiger partial charge in [-0.1, -0.05) is 104 Å². The SMILES string of the molecule is CCCCCCCCC(CCCCCCC(O)CCCCCC)S(=O)(=O)[O-].[Na+]. The third kappa shape index (κ3) is 20.2. The summed E-state index contributed by atoms with van der Waals surface area (Å²) in [6, 6.07) is 0. The van der Waals surface area contributed by atoms with Gasteiger partial charge in [0.05, 0.1) is 16.2 Å². The molecule has 0 spiro atoms. The third-order valence-electron chi connectivity index (χ3n) is 5.49. The summed E-state index contributed by atoms with van der Waals surface area (Å²) in [4.78, 5) is 0. The second kappa shape index (κ2) is 21.1. The summed E-state index contributed by atoms with van der Waals surface area (Å²) in [6.07, 6.45) is 17.7. The molecule has 6 heteroatoms. The Labute approximate surface area is 197 Å². The Morgan fingerprint density at radius 3 is 1.36 bits per heavy atom. The second-order valence-electron chi connectivity index (χ2n) is 8.17. The largest absolute Gasteiger partial charge is 1.00 e. The minimum absolute atomic E-state index is 0. The minimum Gasteiger partial charge on any atom is -0.748 e. The van der Waals surface area contributed by atoms with E-state index in [0.29, 0.717) is 12.8 Å². The van der Waals surface area contributed by atoms with Crippen LogP contribution in [0.1, 0.15) is 129 Å². The van der Waals surface area contributed by atoms with Gasteiger partial charge < -0.3 is 9.66 Å². The van der Waals surface area contributed by atoms with E-state index in [-0.39, 0.29) is 35.7 Å². The molecule has 0 aromatic carbocycles. The summed E-state index contributed by atoms with van der Waals surface area (Å²) in [5.74, 6) is 0. The molecule has 0 aliphatic carbocycles. The average molecular weight is 429 g/mol. The maximum atomic E-state index is 11.5. The van der Waals surface area contributed by atoms with Crippen LogP contribution in [-0.2, 0) is 10.1 Å². The van der Waals surface area contributed by atoms with Gasteiger partial charge in [-0.3, -0.25) is 0 Å². The van der Waals surface area contributed by atoms with Crippen molar-refractivity contribution in [3.63, 3.8) is 0 Å². The van der Waals surface area contributed by atoms with Crippen molar-refractivity contribution in [3.8, 4) is 0 Å². The fourth-order valence-corrected chi connectivity index (χ4v) is 4.55. The van der Waals surface area contributed by atoms with E-state index >= 15 is 0 Å². The number of hydrogen-bond donors (Lipinski definition) is 1. The van der Waals surface area contributed by atoms with E-state index in [2.05, 4.69) is 13.8 Å². The molecule has 164 valence electrons. The molecule has 0 radical (unpaired) electrons. The van der Waals surface area contributed by atoms with Crippen molar-refractivity contribution in [1.82, 2.24) is 0 Å². The molecule has 0 amide bonds. The first kappa shape index (κ1) is 31.1. The Bertz CT molecular complexity index is 415. The van der Waals surface area contributed by atoms with Gasteiger partial charge in [-0.05, 0) is 25.7 Å². The van der Waals surface area contributed by atoms with Gasteiger partial charge in [-0.15, -0.1) is 0 Å². The summed E-state index contributed by atoms with van der Waals surface area (Å²) < 4.78 is 34.4. The van der Waals surface area contributed by atoms with Crippen LogP contribution < -0.4 is 29.6 Å². The molecular weight excluding hydrogens is 383 g/mol. The predicted octanol–water partition coefficient (Wildman–Crippen LogP) is 3.33. The monoisotopic (exact) mass is 428 g/mol. The smallest absolute Gasteiger partial charge is 0.748 e. The van der Waals surface area contributed by atoms with Crippen LogP contribution >= 0.6 is 0 Å². The third-order valence-corrected chi connectivity index (χ3v) is 6.78. The van der Waals surface area contributed by atoms with Crippen molar-refractivity contribution in [2.75, 3.05) is 0 Å². The number of aliphatic hydroxyl groups excluding tert-OH is 1. The first-order valence-electron chi connectivity index (χ1n) is 11.5. The van der Waals surface area contributed by atoms with E-state index in [1.165, 1.54) is 38.5 Å². The van der Waals surface area contributed by atoms with Gasteiger partial charge in [0.2, 0.25) is 0 Å². The average Bonchev–Trinajstić information content (AvgIpc) is 2.61. The topological polar surface area (TPSA) is 77.4 Å². The number of aliphatic hydroxyl groups is 1. The second-order valence-corrected chi connectivity index (χ2v) is 9.82.